The van der Waals surface area contributed by atoms with E-state index in [9.17, 15) is 4.79 Å². The first-order chi connectivity index (χ1) is 12.9. The van der Waals surface area contributed by atoms with Gasteiger partial charge >= 0.3 is 0 Å². The SMILES string of the molecule is COc1ccc2c(c1)[C@H]1NC(=S)N[C@@](C)(O2)[C@H]1C(=O)Nc1ccc(Cl)cc1. The van der Waals surface area contributed by atoms with E-state index in [0.717, 1.165) is 5.56 Å². The summed E-state index contributed by atoms with van der Waals surface area (Å²) in [4.78, 5) is 13.2. The summed E-state index contributed by atoms with van der Waals surface area (Å²) < 4.78 is 11.5. The van der Waals surface area contributed by atoms with Crippen molar-refractivity contribution >= 4 is 40.5 Å². The molecular weight excluding hydrogens is 386 g/mol. The van der Waals surface area contributed by atoms with Gasteiger partial charge in [0.25, 0.3) is 0 Å². The molecule has 2 aliphatic heterocycles. The number of benzene rings is 2. The molecule has 1 saturated heterocycles. The minimum absolute atomic E-state index is 0.194. The molecule has 3 N–H and O–H groups in total. The van der Waals surface area contributed by atoms with Gasteiger partial charge in [-0.3, -0.25) is 4.79 Å². The Morgan fingerprint density at radius 2 is 2.04 bits per heavy atom. The summed E-state index contributed by atoms with van der Waals surface area (Å²) in [6.45, 7) is 1.83. The molecule has 2 aromatic rings. The standard InChI is InChI=1S/C19H18ClN3O3S/c1-19-15(17(24)21-11-5-3-10(20)4-6-11)16(22-18(27)23-19)13-9-12(25-2)7-8-14(13)26-19/h3-9,15-16H,1-2H3,(H,21,24)(H2,22,23,27)/t15-,16-,19+/m1/s1. The zero-order valence-electron chi connectivity index (χ0n) is 14.7. The molecule has 1 fully saturated rings. The zero-order chi connectivity index (χ0) is 19.2. The number of halogens is 1. The van der Waals surface area contributed by atoms with Crippen molar-refractivity contribution in [1.82, 2.24) is 10.6 Å². The maximum Gasteiger partial charge on any atom is 0.236 e. The molecule has 8 heteroatoms. The normalized spacial score (nSPS) is 25.4. The fourth-order valence-electron chi connectivity index (χ4n) is 3.60. The monoisotopic (exact) mass is 403 g/mol. The summed E-state index contributed by atoms with van der Waals surface area (Å²) in [5, 5.41) is 10.3. The van der Waals surface area contributed by atoms with Crippen molar-refractivity contribution in [3.05, 3.63) is 53.1 Å². The molecular formula is C19H18ClN3O3S. The molecule has 1 amide bonds. The number of methoxy groups -OCH3 is 1. The van der Waals surface area contributed by atoms with Crippen LogP contribution in [0, 0.1) is 5.92 Å². The lowest BCUT2D eigenvalue weighted by atomic mass is 9.80. The van der Waals surface area contributed by atoms with Crippen LogP contribution in [0.25, 0.3) is 0 Å². The Kier molecular flexibility index (Phi) is 4.36. The topological polar surface area (TPSA) is 71.6 Å². The summed E-state index contributed by atoms with van der Waals surface area (Å²) in [6, 6.07) is 12.1. The van der Waals surface area contributed by atoms with Crippen molar-refractivity contribution < 1.29 is 14.3 Å². The van der Waals surface area contributed by atoms with E-state index in [2.05, 4.69) is 16.0 Å². The van der Waals surface area contributed by atoms with Crippen molar-refractivity contribution in [2.45, 2.75) is 18.7 Å². The third kappa shape index (κ3) is 3.17. The van der Waals surface area contributed by atoms with Crippen LogP contribution in [-0.4, -0.2) is 23.9 Å². The van der Waals surface area contributed by atoms with Gasteiger partial charge in [-0.15, -0.1) is 0 Å². The van der Waals surface area contributed by atoms with Crippen LogP contribution in [0.4, 0.5) is 5.69 Å². The largest absolute Gasteiger partial charge is 0.497 e. The van der Waals surface area contributed by atoms with E-state index in [1.54, 1.807) is 31.4 Å². The van der Waals surface area contributed by atoms with Crippen molar-refractivity contribution in [2.75, 3.05) is 12.4 Å². The Hall–Kier alpha value is -2.51. The second-order valence-electron chi connectivity index (χ2n) is 6.66. The Labute approximate surface area is 167 Å². The molecule has 2 bridgehead atoms. The van der Waals surface area contributed by atoms with Crippen molar-refractivity contribution in [3.8, 4) is 11.5 Å². The Bertz CT molecular complexity index is 921. The van der Waals surface area contributed by atoms with Crippen LogP contribution in [0.15, 0.2) is 42.5 Å². The maximum absolute atomic E-state index is 13.2. The summed E-state index contributed by atoms with van der Waals surface area (Å²) in [6.07, 6.45) is 0. The molecule has 2 heterocycles. The van der Waals surface area contributed by atoms with E-state index in [1.807, 2.05) is 25.1 Å². The highest BCUT2D eigenvalue weighted by atomic mass is 35.5. The van der Waals surface area contributed by atoms with Gasteiger partial charge in [0.15, 0.2) is 10.8 Å². The van der Waals surface area contributed by atoms with Gasteiger partial charge < -0.3 is 25.4 Å². The average molecular weight is 404 g/mol. The minimum atomic E-state index is -0.981. The van der Waals surface area contributed by atoms with Gasteiger partial charge in [-0.1, -0.05) is 11.6 Å². The maximum atomic E-state index is 13.2. The number of rotatable bonds is 3. The number of ether oxygens (including phenoxy) is 2. The van der Waals surface area contributed by atoms with Crippen LogP contribution in [0.1, 0.15) is 18.5 Å². The predicted molar refractivity (Wildman–Crippen MR) is 107 cm³/mol. The van der Waals surface area contributed by atoms with E-state index in [4.69, 9.17) is 33.3 Å². The quantitative estimate of drug-likeness (QED) is 0.683. The number of amides is 1. The summed E-state index contributed by atoms with van der Waals surface area (Å²) in [7, 11) is 1.60. The van der Waals surface area contributed by atoms with Crippen LogP contribution in [-0.2, 0) is 4.79 Å². The second kappa shape index (κ2) is 6.58. The smallest absolute Gasteiger partial charge is 0.236 e. The first-order valence-corrected chi connectivity index (χ1v) is 9.20. The lowest BCUT2D eigenvalue weighted by Crippen LogP contribution is -2.70. The van der Waals surface area contributed by atoms with Crippen molar-refractivity contribution in [3.63, 3.8) is 0 Å². The highest BCUT2D eigenvalue weighted by Gasteiger charge is 2.54. The minimum Gasteiger partial charge on any atom is -0.497 e. The first kappa shape index (κ1) is 17.9. The Balaban J connectivity index is 1.71. The van der Waals surface area contributed by atoms with Gasteiger partial charge in [-0.05, 0) is 61.6 Å². The molecule has 0 aliphatic carbocycles. The van der Waals surface area contributed by atoms with E-state index in [0.29, 0.717) is 27.3 Å². The number of carbonyl (C=O) groups is 1. The van der Waals surface area contributed by atoms with Gasteiger partial charge in [0.2, 0.25) is 5.91 Å². The molecule has 0 radical (unpaired) electrons. The zero-order valence-corrected chi connectivity index (χ0v) is 16.3. The van der Waals surface area contributed by atoms with Crippen LogP contribution < -0.4 is 25.4 Å². The van der Waals surface area contributed by atoms with Crippen LogP contribution in [0.5, 0.6) is 11.5 Å². The van der Waals surface area contributed by atoms with Gasteiger partial charge in [0.05, 0.1) is 13.2 Å². The fourth-order valence-corrected chi connectivity index (χ4v) is 4.06. The number of hydrogen-bond acceptors (Lipinski definition) is 4. The van der Waals surface area contributed by atoms with Crippen LogP contribution in [0.2, 0.25) is 5.02 Å². The predicted octanol–water partition coefficient (Wildman–Crippen LogP) is 3.23. The molecule has 140 valence electrons. The number of anilines is 1. The molecule has 2 aromatic carbocycles. The molecule has 6 nitrogen and oxygen atoms in total. The first-order valence-electron chi connectivity index (χ1n) is 8.42. The number of fused-ring (bicyclic) bond motifs is 4. The highest BCUT2D eigenvalue weighted by molar-refractivity contribution is 7.80. The lowest BCUT2D eigenvalue weighted by Gasteiger charge is -2.50. The molecule has 27 heavy (non-hydrogen) atoms. The molecule has 4 rings (SSSR count). The number of carbonyl (C=O) groups excluding carboxylic acids is 1. The third-order valence-corrected chi connectivity index (χ3v) is 5.32. The molecule has 0 unspecified atom stereocenters. The number of nitrogens with one attached hydrogen (secondary N) is 3. The van der Waals surface area contributed by atoms with E-state index < -0.39 is 11.6 Å². The van der Waals surface area contributed by atoms with E-state index in [1.165, 1.54) is 0 Å². The highest BCUT2D eigenvalue weighted by Crippen LogP contribution is 2.46. The van der Waals surface area contributed by atoms with Gasteiger partial charge in [-0.2, -0.15) is 0 Å². The number of thiocarbonyl (C=S) groups is 1. The third-order valence-electron chi connectivity index (χ3n) is 4.84. The average Bonchev–Trinajstić information content (AvgIpc) is 2.62. The summed E-state index contributed by atoms with van der Waals surface area (Å²) >= 11 is 11.2. The molecule has 2 aliphatic rings. The van der Waals surface area contributed by atoms with E-state index in [-0.39, 0.29) is 11.9 Å². The summed E-state index contributed by atoms with van der Waals surface area (Å²) in [5.74, 6) is 0.602. The molecule has 0 spiro atoms. The van der Waals surface area contributed by atoms with Crippen molar-refractivity contribution in [1.29, 1.82) is 0 Å². The fraction of sp³-hybridized carbons (Fsp3) is 0.263. The van der Waals surface area contributed by atoms with Crippen LogP contribution in [0.3, 0.4) is 0 Å². The Morgan fingerprint density at radius 3 is 2.74 bits per heavy atom. The van der Waals surface area contributed by atoms with E-state index >= 15 is 0 Å². The van der Waals surface area contributed by atoms with Gasteiger partial charge in [0.1, 0.15) is 17.4 Å². The Morgan fingerprint density at radius 1 is 1.30 bits per heavy atom. The molecule has 0 saturated carbocycles. The van der Waals surface area contributed by atoms with Gasteiger partial charge in [-0.25, -0.2) is 0 Å². The van der Waals surface area contributed by atoms with Gasteiger partial charge in [0, 0.05) is 16.3 Å². The van der Waals surface area contributed by atoms with Crippen molar-refractivity contribution in [2.24, 2.45) is 5.92 Å². The second-order valence-corrected chi connectivity index (χ2v) is 7.51. The molecule has 0 aromatic heterocycles. The molecule has 3 atom stereocenters. The summed E-state index contributed by atoms with van der Waals surface area (Å²) in [5.41, 5.74) is 0.502. The van der Waals surface area contributed by atoms with Crippen LogP contribution >= 0.6 is 23.8 Å². The lowest BCUT2D eigenvalue weighted by molar-refractivity contribution is -0.132. The number of hydrogen-bond donors (Lipinski definition) is 3.